The molecule has 2 N–H and O–H groups in total. The molecule has 0 spiro atoms. The molecule has 0 fully saturated rings. The third-order valence-electron chi connectivity index (χ3n) is 2.48. The number of hydrogen-bond donors (Lipinski definition) is 2. The SMILES string of the molecule is CCS(=O)(=O)Nc1ccc(NC(=O)C(C)CCl)cc1. The Morgan fingerprint density at radius 2 is 1.79 bits per heavy atom. The minimum absolute atomic E-state index is 0.0126. The number of benzene rings is 1. The molecule has 1 unspecified atom stereocenters. The number of alkyl halides is 1. The Balaban J connectivity index is 2.69. The lowest BCUT2D eigenvalue weighted by Gasteiger charge is -2.10. The van der Waals surface area contributed by atoms with E-state index in [0.29, 0.717) is 11.4 Å². The van der Waals surface area contributed by atoms with E-state index in [-0.39, 0.29) is 23.5 Å². The van der Waals surface area contributed by atoms with Crippen molar-refractivity contribution in [2.75, 3.05) is 21.7 Å². The highest BCUT2D eigenvalue weighted by atomic mass is 35.5. The normalized spacial score (nSPS) is 12.8. The van der Waals surface area contributed by atoms with Crippen LogP contribution in [0.2, 0.25) is 0 Å². The molecule has 0 aliphatic heterocycles. The van der Waals surface area contributed by atoms with Gasteiger partial charge < -0.3 is 5.32 Å². The lowest BCUT2D eigenvalue weighted by Crippen LogP contribution is -2.21. The fraction of sp³-hybridized carbons (Fsp3) is 0.417. The summed E-state index contributed by atoms with van der Waals surface area (Å²) in [5.74, 6) is -0.185. The molecular weight excluding hydrogens is 288 g/mol. The van der Waals surface area contributed by atoms with Crippen LogP contribution < -0.4 is 10.0 Å². The molecule has 5 nitrogen and oxygen atoms in total. The smallest absolute Gasteiger partial charge is 0.232 e. The van der Waals surface area contributed by atoms with Gasteiger partial charge >= 0.3 is 0 Å². The van der Waals surface area contributed by atoms with Gasteiger partial charge in [-0.3, -0.25) is 9.52 Å². The summed E-state index contributed by atoms with van der Waals surface area (Å²) in [6, 6.07) is 6.45. The first-order valence-electron chi connectivity index (χ1n) is 5.85. The summed E-state index contributed by atoms with van der Waals surface area (Å²) in [5, 5.41) is 2.70. The van der Waals surface area contributed by atoms with Crippen molar-refractivity contribution in [3.8, 4) is 0 Å². The maximum atomic E-state index is 11.6. The van der Waals surface area contributed by atoms with E-state index >= 15 is 0 Å². The zero-order valence-electron chi connectivity index (χ0n) is 10.8. The van der Waals surface area contributed by atoms with Gasteiger partial charge in [0.25, 0.3) is 0 Å². The Kier molecular flexibility index (Phi) is 5.62. The van der Waals surface area contributed by atoms with Crippen LogP contribution in [-0.4, -0.2) is 26.0 Å². The van der Waals surface area contributed by atoms with Crippen molar-refractivity contribution in [3.63, 3.8) is 0 Å². The molecule has 0 saturated carbocycles. The topological polar surface area (TPSA) is 75.3 Å². The Morgan fingerprint density at radius 3 is 2.26 bits per heavy atom. The minimum atomic E-state index is -3.28. The fourth-order valence-electron chi connectivity index (χ4n) is 1.21. The van der Waals surface area contributed by atoms with Crippen molar-refractivity contribution in [2.24, 2.45) is 5.92 Å². The summed E-state index contributed by atoms with van der Waals surface area (Å²) in [6.45, 7) is 3.29. The molecule has 1 atom stereocenters. The highest BCUT2D eigenvalue weighted by molar-refractivity contribution is 7.92. The number of sulfonamides is 1. The van der Waals surface area contributed by atoms with Crippen LogP contribution in [0, 0.1) is 5.92 Å². The van der Waals surface area contributed by atoms with Crippen LogP contribution in [-0.2, 0) is 14.8 Å². The maximum absolute atomic E-state index is 11.6. The van der Waals surface area contributed by atoms with Crippen LogP contribution in [0.3, 0.4) is 0 Å². The monoisotopic (exact) mass is 304 g/mol. The van der Waals surface area contributed by atoms with E-state index < -0.39 is 10.0 Å². The third-order valence-corrected chi connectivity index (χ3v) is 4.25. The molecule has 1 aromatic carbocycles. The van der Waals surface area contributed by atoms with E-state index in [4.69, 9.17) is 11.6 Å². The van der Waals surface area contributed by atoms with Crippen LogP contribution in [0.1, 0.15) is 13.8 Å². The predicted octanol–water partition coefficient (Wildman–Crippen LogP) is 2.26. The van der Waals surface area contributed by atoms with Crippen molar-refractivity contribution in [3.05, 3.63) is 24.3 Å². The molecule has 106 valence electrons. The number of halogens is 1. The van der Waals surface area contributed by atoms with Gasteiger partial charge in [0.2, 0.25) is 15.9 Å². The Labute approximate surface area is 118 Å². The van der Waals surface area contributed by atoms with Gasteiger partial charge in [-0.25, -0.2) is 8.42 Å². The van der Waals surface area contributed by atoms with E-state index in [1.165, 1.54) is 0 Å². The Morgan fingerprint density at radius 1 is 1.26 bits per heavy atom. The molecule has 7 heteroatoms. The molecule has 1 rings (SSSR count). The molecule has 19 heavy (non-hydrogen) atoms. The van der Waals surface area contributed by atoms with Crippen LogP contribution in [0.15, 0.2) is 24.3 Å². The number of carbonyl (C=O) groups is 1. The summed E-state index contributed by atoms with van der Waals surface area (Å²) in [6.07, 6.45) is 0. The quantitative estimate of drug-likeness (QED) is 0.792. The van der Waals surface area contributed by atoms with Crippen LogP contribution >= 0.6 is 11.6 Å². The fourth-order valence-corrected chi connectivity index (χ4v) is 1.99. The average Bonchev–Trinajstić information content (AvgIpc) is 2.39. The van der Waals surface area contributed by atoms with E-state index in [2.05, 4.69) is 10.0 Å². The van der Waals surface area contributed by atoms with Crippen LogP contribution in [0.5, 0.6) is 0 Å². The molecule has 1 amide bonds. The summed E-state index contributed by atoms with van der Waals surface area (Å²) in [4.78, 5) is 11.6. The molecule has 0 aromatic heterocycles. The van der Waals surface area contributed by atoms with Crippen molar-refractivity contribution < 1.29 is 13.2 Å². The molecule has 0 aliphatic carbocycles. The zero-order valence-corrected chi connectivity index (χ0v) is 12.4. The predicted molar refractivity (Wildman–Crippen MR) is 78.0 cm³/mol. The van der Waals surface area contributed by atoms with Gasteiger partial charge in [0, 0.05) is 23.2 Å². The number of carbonyl (C=O) groups excluding carboxylic acids is 1. The van der Waals surface area contributed by atoms with Gasteiger partial charge in [-0.1, -0.05) is 6.92 Å². The second kappa shape index (κ2) is 6.77. The third kappa shape index (κ3) is 5.08. The molecule has 0 heterocycles. The molecule has 0 radical (unpaired) electrons. The molecule has 0 saturated heterocycles. The van der Waals surface area contributed by atoms with Crippen LogP contribution in [0.4, 0.5) is 11.4 Å². The number of rotatable bonds is 6. The Bertz CT molecular complexity index is 528. The Hall–Kier alpha value is -1.27. The average molecular weight is 305 g/mol. The van der Waals surface area contributed by atoms with Gasteiger partial charge in [-0.2, -0.15) is 0 Å². The molecule has 0 aliphatic rings. The van der Waals surface area contributed by atoms with Gasteiger partial charge in [-0.05, 0) is 31.2 Å². The highest BCUT2D eigenvalue weighted by Gasteiger charge is 2.11. The van der Waals surface area contributed by atoms with Crippen molar-refractivity contribution in [1.29, 1.82) is 0 Å². The largest absolute Gasteiger partial charge is 0.326 e. The standard InChI is InChI=1S/C12H17ClN2O3S/c1-3-19(17,18)15-11-6-4-10(5-7-11)14-12(16)9(2)8-13/h4-7,9,15H,3,8H2,1-2H3,(H,14,16). The van der Waals surface area contributed by atoms with Gasteiger partial charge in [-0.15, -0.1) is 11.6 Å². The van der Waals surface area contributed by atoms with E-state index in [9.17, 15) is 13.2 Å². The first kappa shape index (κ1) is 15.8. The number of nitrogens with one attached hydrogen (secondary N) is 2. The van der Waals surface area contributed by atoms with Crippen LogP contribution in [0.25, 0.3) is 0 Å². The van der Waals surface area contributed by atoms with E-state index in [1.807, 2.05) is 0 Å². The highest BCUT2D eigenvalue weighted by Crippen LogP contribution is 2.15. The maximum Gasteiger partial charge on any atom is 0.232 e. The zero-order chi connectivity index (χ0) is 14.5. The van der Waals surface area contributed by atoms with E-state index in [1.54, 1.807) is 38.1 Å². The van der Waals surface area contributed by atoms with Crippen molar-refractivity contribution in [2.45, 2.75) is 13.8 Å². The first-order valence-corrected chi connectivity index (χ1v) is 8.04. The lowest BCUT2D eigenvalue weighted by atomic mass is 10.2. The second-order valence-corrected chi connectivity index (χ2v) is 6.45. The summed E-state index contributed by atoms with van der Waals surface area (Å²) >= 11 is 5.59. The van der Waals surface area contributed by atoms with Gasteiger partial charge in [0.15, 0.2) is 0 Å². The van der Waals surface area contributed by atoms with Gasteiger partial charge in [0.1, 0.15) is 0 Å². The first-order chi connectivity index (χ1) is 8.88. The number of amides is 1. The molecular formula is C12H17ClN2O3S. The lowest BCUT2D eigenvalue weighted by molar-refractivity contribution is -0.118. The minimum Gasteiger partial charge on any atom is -0.326 e. The van der Waals surface area contributed by atoms with Gasteiger partial charge in [0.05, 0.1) is 5.75 Å². The summed E-state index contributed by atoms with van der Waals surface area (Å²) in [5.41, 5.74) is 1.06. The van der Waals surface area contributed by atoms with Crippen molar-refractivity contribution in [1.82, 2.24) is 0 Å². The molecule has 0 bridgehead atoms. The number of anilines is 2. The molecule has 1 aromatic rings. The van der Waals surface area contributed by atoms with E-state index in [0.717, 1.165) is 0 Å². The summed E-state index contributed by atoms with van der Waals surface area (Å²) < 4.78 is 25.1. The number of hydrogen-bond acceptors (Lipinski definition) is 3. The van der Waals surface area contributed by atoms with Crippen molar-refractivity contribution >= 4 is 38.9 Å². The summed E-state index contributed by atoms with van der Waals surface area (Å²) in [7, 11) is -3.28. The second-order valence-electron chi connectivity index (χ2n) is 4.13.